The third-order valence-corrected chi connectivity index (χ3v) is 5.21. The Bertz CT molecular complexity index is 744. The molecule has 0 aliphatic rings. The molecule has 4 nitrogen and oxygen atoms in total. The van der Waals surface area contributed by atoms with E-state index in [0.29, 0.717) is 10.7 Å². The molecule has 2 rings (SSSR count). The molecule has 0 bridgehead atoms. The van der Waals surface area contributed by atoms with Gasteiger partial charge in [-0.2, -0.15) is 4.72 Å². The second-order valence-corrected chi connectivity index (χ2v) is 7.45. The van der Waals surface area contributed by atoms with Crippen molar-refractivity contribution >= 4 is 21.6 Å². The highest BCUT2D eigenvalue weighted by Gasteiger charge is 2.29. The minimum absolute atomic E-state index is 0.141. The van der Waals surface area contributed by atoms with E-state index in [4.69, 9.17) is 11.6 Å². The molecule has 0 unspecified atom stereocenters. The molecule has 0 saturated carbocycles. The zero-order valence-electron chi connectivity index (χ0n) is 12.1. The van der Waals surface area contributed by atoms with E-state index in [2.05, 4.69) is 9.71 Å². The maximum atomic E-state index is 12.5. The Morgan fingerprint density at radius 2 is 1.90 bits per heavy atom. The molecular formula is C15H17ClN2O2S. The van der Waals surface area contributed by atoms with E-state index in [-0.39, 0.29) is 4.90 Å². The van der Waals surface area contributed by atoms with Crippen LogP contribution in [0.4, 0.5) is 0 Å². The van der Waals surface area contributed by atoms with Gasteiger partial charge in [-0.3, -0.25) is 4.98 Å². The summed E-state index contributed by atoms with van der Waals surface area (Å²) < 4.78 is 27.6. The normalized spacial score (nSPS) is 12.4. The standard InChI is InChI=1S/C15H17ClN2O2S/c1-11-7-8-12(10-13(11)16)21(19,20)18-15(2,3)14-6-4-5-9-17-14/h4-10,18H,1-3H3. The summed E-state index contributed by atoms with van der Waals surface area (Å²) in [6.45, 7) is 5.36. The number of hydrogen-bond acceptors (Lipinski definition) is 3. The zero-order valence-corrected chi connectivity index (χ0v) is 13.7. The van der Waals surface area contributed by atoms with Gasteiger partial charge in [-0.05, 0) is 50.6 Å². The smallest absolute Gasteiger partial charge is 0.241 e. The van der Waals surface area contributed by atoms with Crippen molar-refractivity contribution in [2.45, 2.75) is 31.2 Å². The van der Waals surface area contributed by atoms with Gasteiger partial charge in [0.1, 0.15) is 0 Å². The predicted molar refractivity (Wildman–Crippen MR) is 83.8 cm³/mol. The van der Waals surface area contributed by atoms with Crippen LogP contribution in [0.3, 0.4) is 0 Å². The molecule has 0 radical (unpaired) electrons. The van der Waals surface area contributed by atoms with Gasteiger partial charge in [0.2, 0.25) is 10.0 Å². The van der Waals surface area contributed by atoms with Gasteiger partial charge in [0.05, 0.1) is 16.1 Å². The summed E-state index contributed by atoms with van der Waals surface area (Å²) in [6.07, 6.45) is 1.63. The molecule has 0 atom stereocenters. The summed E-state index contributed by atoms with van der Waals surface area (Å²) in [5.74, 6) is 0. The van der Waals surface area contributed by atoms with Crippen molar-refractivity contribution in [3.8, 4) is 0 Å². The Morgan fingerprint density at radius 1 is 1.19 bits per heavy atom. The molecule has 0 fully saturated rings. The summed E-state index contributed by atoms with van der Waals surface area (Å²) in [5.41, 5.74) is 0.656. The van der Waals surface area contributed by atoms with E-state index in [9.17, 15) is 8.42 Å². The number of sulfonamides is 1. The van der Waals surface area contributed by atoms with Crippen molar-refractivity contribution in [1.82, 2.24) is 9.71 Å². The SMILES string of the molecule is Cc1ccc(S(=O)(=O)NC(C)(C)c2ccccn2)cc1Cl. The number of aromatic nitrogens is 1. The van der Waals surface area contributed by atoms with Crippen LogP contribution in [0, 0.1) is 6.92 Å². The predicted octanol–water partition coefficient (Wildman–Crippen LogP) is 3.26. The lowest BCUT2D eigenvalue weighted by atomic mass is 10.0. The van der Waals surface area contributed by atoms with Crippen molar-refractivity contribution in [2.75, 3.05) is 0 Å². The lowest BCUT2D eigenvalue weighted by Crippen LogP contribution is -2.41. The van der Waals surface area contributed by atoms with Gasteiger partial charge in [-0.25, -0.2) is 8.42 Å². The molecule has 6 heteroatoms. The van der Waals surface area contributed by atoms with E-state index in [0.717, 1.165) is 5.56 Å². The van der Waals surface area contributed by atoms with Gasteiger partial charge in [0.25, 0.3) is 0 Å². The topological polar surface area (TPSA) is 59.1 Å². The van der Waals surface area contributed by atoms with Crippen LogP contribution in [0.5, 0.6) is 0 Å². The number of nitrogens with zero attached hydrogens (tertiary/aromatic N) is 1. The summed E-state index contributed by atoms with van der Waals surface area (Å²) in [4.78, 5) is 4.35. The van der Waals surface area contributed by atoms with Crippen molar-refractivity contribution in [3.63, 3.8) is 0 Å². The first-order chi connectivity index (χ1) is 9.72. The molecule has 0 aliphatic carbocycles. The second-order valence-electron chi connectivity index (χ2n) is 5.36. The van der Waals surface area contributed by atoms with Crippen LogP contribution in [0.1, 0.15) is 25.1 Å². The largest absolute Gasteiger partial charge is 0.259 e. The fraction of sp³-hybridized carbons (Fsp3) is 0.267. The Labute approximate surface area is 130 Å². The quantitative estimate of drug-likeness (QED) is 0.939. The minimum atomic E-state index is -3.68. The highest BCUT2D eigenvalue weighted by atomic mass is 35.5. The lowest BCUT2D eigenvalue weighted by molar-refractivity contribution is 0.460. The van der Waals surface area contributed by atoms with Gasteiger partial charge in [-0.15, -0.1) is 0 Å². The first-order valence-corrected chi connectivity index (χ1v) is 8.30. The van der Waals surface area contributed by atoms with Crippen molar-refractivity contribution in [1.29, 1.82) is 0 Å². The van der Waals surface area contributed by atoms with Crippen LogP contribution in [0.2, 0.25) is 5.02 Å². The highest BCUT2D eigenvalue weighted by Crippen LogP contribution is 2.24. The van der Waals surface area contributed by atoms with Crippen molar-refractivity contribution in [3.05, 3.63) is 58.9 Å². The Kier molecular flexibility index (Phi) is 4.37. The third-order valence-electron chi connectivity index (χ3n) is 3.15. The Balaban J connectivity index is 2.35. The average Bonchev–Trinajstić information content (AvgIpc) is 2.41. The molecule has 112 valence electrons. The lowest BCUT2D eigenvalue weighted by Gasteiger charge is -2.25. The molecule has 0 spiro atoms. The molecule has 0 saturated heterocycles. The van der Waals surface area contributed by atoms with Crippen LogP contribution in [-0.2, 0) is 15.6 Å². The third kappa shape index (κ3) is 3.61. The molecule has 21 heavy (non-hydrogen) atoms. The summed E-state index contributed by atoms with van der Waals surface area (Å²) in [7, 11) is -3.68. The molecule has 1 heterocycles. The fourth-order valence-corrected chi connectivity index (χ4v) is 3.58. The maximum absolute atomic E-state index is 12.5. The number of aryl methyl sites for hydroxylation is 1. The van der Waals surface area contributed by atoms with Gasteiger partial charge >= 0.3 is 0 Å². The van der Waals surface area contributed by atoms with E-state index in [1.165, 1.54) is 12.1 Å². The van der Waals surface area contributed by atoms with Gasteiger partial charge in [0, 0.05) is 11.2 Å². The minimum Gasteiger partial charge on any atom is -0.259 e. The fourth-order valence-electron chi connectivity index (χ4n) is 1.92. The van der Waals surface area contributed by atoms with Crippen LogP contribution in [0.25, 0.3) is 0 Å². The van der Waals surface area contributed by atoms with E-state index >= 15 is 0 Å². The number of pyridine rings is 1. The first kappa shape index (κ1) is 15.9. The highest BCUT2D eigenvalue weighted by molar-refractivity contribution is 7.89. The van der Waals surface area contributed by atoms with E-state index in [1.54, 1.807) is 38.2 Å². The summed E-state index contributed by atoms with van der Waals surface area (Å²) in [6, 6.07) is 10.1. The summed E-state index contributed by atoms with van der Waals surface area (Å²) in [5, 5.41) is 0.425. The molecule has 0 aliphatic heterocycles. The second kappa shape index (κ2) is 5.75. The maximum Gasteiger partial charge on any atom is 0.241 e. The number of hydrogen-bond donors (Lipinski definition) is 1. The van der Waals surface area contributed by atoms with Gasteiger partial charge < -0.3 is 0 Å². The molecule has 0 amide bonds. The monoisotopic (exact) mass is 324 g/mol. The number of benzene rings is 1. The Morgan fingerprint density at radius 3 is 2.48 bits per heavy atom. The molecular weight excluding hydrogens is 308 g/mol. The van der Waals surface area contributed by atoms with Gasteiger partial charge in [0.15, 0.2) is 0 Å². The average molecular weight is 325 g/mol. The first-order valence-electron chi connectivity index (χ1n) is 6.44. The number of halogens is 1. The molecule has 1 aromatic heterocycles. The van der Waals surface area contributed by atoms with E-state index < -0.39 is 15.6 Å². The van der Waals surface area contributed by atoms with E-state index in [1.807, 2.05) is 13.0 Å². The number of rotatable bonds is 4. The van der Waals surface area contributed by atoms with Crippen LogP contribution >= 0.6 is 11.6 Å². The number of nitrogens with one attached hydrogen (secondary N) is 1. The Hall–Kier alpha value is -1.43. The molecule has 2 aromatic rings. The zero-order chi connectivity index (χ0) is 15.7. The summed E-state index contributed by atoms with van der Waals surface area (Å²) >= 11 is 6.00. The van der Waals surface area contributed by atoms with Crippen LogP contribution in [-0.4, -0.2) is 13.4 Å². The van der Waals surface area contributed by atoms with Gasteiger partial charge in [-0.1, -0.05) is 23.7 Å². The van der Waals surface area contributed by atoms with Crippen LogP contribution in [0.15, 0.2) is 47.5 Å². The van der Waals surface area contributed by atoms with Crippen LogP contribution < -0.4 is 4.72 Å². The molecule has 1 aromatic carbocycles. The van der Waals surface area contributed by atoms with Crippen molar-refractivity contribution in [2.24, 2.45) is 0 Å². The molecule has 1 N–H and O–H groups in total. The van der Waals surface area contributed by atoms with Crippen molar-refractivity contribution < 1.29 is 8.42 Å².